The fourth-order valence-electron chi connectivity index (χ4n) is 1.76. The van der Waals surface area contributed by atoms with E-state index in [9.17, 15) is 4.79 Å². The summed E-state index contributed by atoms with van der Waals surface area (Å²) >= 11 is 1.79. The van der Waals surface area contributed by atoms with Crippen LogP contribution < -0.4 is 0 Å². The SMILES string of the molecule is Cn1ccnc1CSCC1(CC(=O)O)CC1. The summed E-state index contributed by atoms with van der Waals surface area (Å²) in [6.45, 7) is 0. The van der Waals surface area contributed by atoms with Crippen molar-refractivity contribution in [1.29, 1.82) is 0 Å². The van der Waals surface area contributed by atoms with Gasteiger partial charge in [0.1, 0.15) is 5.82 Å². The van der Waals surface area contributed by atoms with Crippen LogP contribution in [0.15, 0.2) is 12.4 Å². The Labute approximate surface area is 99.1 Å². The average Bonchev–Trinajstić information content (AvgIpc) is 2.82. The van der Waals surface area contributed by atoms with Crippen molar-refractivity contribution < 1.29 is 9.90 Å². The fraction of sp³-hybridized carbons (Fsp3) is 0.636. The highest BCUT2D eigenvalue weighted by atomic mass is 32.2. The second-order valence-corrected chi connectivity index (χ2v) is 5.50. The Morgan fingerprint density at radius 1 is 1.69 bits per heavy atom. The molecule has 0 saturated heterocycles. The maximum absolute atomic E-state index is 10.7. The van der Waals surface area contributed by atoms with Crippen LogP contribution in [0.4, 0.5) is 0 Å². The number of carbonyl (C=O) groups is 1. The molecule has 1 N–H and O–H groups in total. The van der Waals surface area contributed by atoms with E-state index in [1.54, 1.807) is 18.0 Å². The Morgan fingerprint density at radius 2 is 2.44 bits per heavy atom. The molecule has 5 heteroatoms. The summed E-state index contributed by atoms with van der Waals surface area (Å²) in [5.41, 5.74) is 0.0850. The fourth-order valence-corrected chi connectivity index (χ4v) is 3.15. The zero-order valence-corrected chi connectivity index (χ0v) is 10.2. The van der Waals surface area contributed by atoms with Crippen molar-refractivity contribution in [1.82, 2.24) is 9.55 Å². The van der Waals surface area contributed by atoms with Gasteiger partial charge in [-0.15, -0.1) is 0 Å². The lowest BCUT2D eigenvalue weighted by Crippen LogP contribution is -2.11. The molecule has 16 heavy (non-hydrogen) atoms. The van der Waals surface area contributed by atoms with Crippen LogP contribution >= 0.6 is 11.8 Å². The molecule has 0 radical (unpaired) electrons. The Hall–Kier alpha value is -0.970. The first-order valence-corrected chi connectivity index (χ1v) is 6.53. The smallest absolute Gasteiger partial charge is 0.303 e. The molecule has 1 aliphatic rings. The van der Waals surface area contributed by atoms with E-state index >= 15 is 0 Å². The van der Waals surface area contributed by atoms with Gasteiger partial charge in [-0.25, -0.2) is 4.98 Å². The van der Waals surface area contributed by atoms with Gasteiger partial charge in [0.05, 0.1) is 12.2 Å². The number of aryl methyl sites for hydroxylation is 1. The monoisotopic (exact) mass is 240 g/mol. The third kappa shape index (κ3) is 2.78. The van der Waals surface area contributed by atoms with Gasteiger partial charge >= 0.3 is 5.97 Å². The number of rotatable bonds is 6. The lowest BCUT2D eigenvalue weighted by atomic mass is 10.1. The number of carboxylic acid groups (broad SMARTS) is 1. The number of imidazole rings is 1. The van der Waals surface area contributed by atoms with Crippen LogP contribution in [0.3, 0.4) is 0 Å². The maximum atomic E-state index is 10.7. The van der Waals surface area contributed by atoms with Crippen LogP contribution in [0.25, 0.3) is 0 Å². The van der Waals surface area contributed by atoms with Gasteiger partial charge in [-0.05, 0) is 24.0 Å². The standard InChI is InChI=1S/C11H16N2O2S/c1-13-5-4-12-9(13)7-16-8-11(2-3-11)6-10(14)15/h4-5H,2-3,6-8H2,1H3,(H,14,15). The van der Waals surface area contributed by atoms with Crippen LogP contribution in [-0.2, 0) is 17.6 Å². The molecule has 1 aromatic heterocycles. The predicted molar refractivity (Wildman–Crippen MR) is 63.3 cm³/mol. The highest BCUT2D eigenvalue weighted by molar-refractivity contribution is 7.98. The second-order valence-electron chi connectivity index (χ2n) is 4.52. The van der Waals surface area contributed by atoms with Crippen molar-refractivity contribution in [2.24, 2.45) is 12.5 Å². The Morgan fingerprint density at radius 3 is 2.94 bits per heavy atom. The van der Waals surface area contributed by atoms with Gasteiger partial charge in [0, 0.05) is 19.4 Å². The second kappa shape index (κ2) is 4.49. The van der Waals surface area contributed by atoms with Gasteiger partial charge in [0.25, 0.3) is 0 Å². The highest BCUT2D eigenvalue weighted by Gasteiger charge is 2.44. The zero-order chi connectivity index (χ0) is 11.6. The van der Waals surface area contributed by atoms with E-state index in [4.69, 9.17) is 5.11 Å². The van der Waals surface area contributed by atoms with Gasteiger partial charge in [0.2, 0.25) is 0 Å². The highest BCUT2D eigenvalue weighted by Crippen LogP contribution is 2.51. The third-order valence-corrected chi connectivity index (χ3v) is 4.32. The lowest BCUT2D eigenvalue weighted by Gasteiger charge is -2.11. The molecular formula is C11H16N2O2S. The quantitative estimate of drug-likeness (QED) is 0.825. The van der Waals surface area contributed by atoms with Crippen molar-refractivity contribution in [3.8, 4) is 0 Å². The third-order valence-electron chi connectivity index (χ3n) is 3.04. The molecule has 1 heterocycles. The summed E-state index contributed by atoms with van der Waals surface area (Å²) in [6.07, 6.45) is 6.17. The van der Waals surface area contributed by atoms with E-state index in [2.05, 4.69) is 4.98 Å². The molecule has 0 unspecified atom stereocenters. The summed E-state index contributed by atoms with van der Waals surface area (Å²) < 4.78 is 2.00. The summed E-state index contributed by atoms with van der Waals surface area (Å²) in [6, 6.07) is 0. The number of hydrogen-bond acceptors (Lipinski definition) is 3. The summed E-state index contributed by atoms with van der Waals surface area (Å²) in [5, 5.41) is 8.79. The molecule has 1 aliphatic carbocycles. The van der Waals surface area contributed by atoms with Gasteiger partial charge < -0.3 is 9.67 Å². The molecule has 0 bridgehead atoms. The Bertz CT molecular complexity index is 385. The molecule has 1 aromatic rings. The normalized spacial score (nSPS) is 17.3. The van der Waals surface area contributed by atoms with E-state index in [-0.39, 0.29) is 5.41 Å². The average molecular weight is 240 g/mol. The largest absolute Gasteiger partial charge is 0.481 e. The number of carboxylic acids is 1. The molecule has 0 aromatic carbocycles. The van der Waals surface area contributed by atoms with Crippen LogP contribution in [0.2, 0.25) is 0 Å². The van der Waals surface area contributed by atoms with E-state index in [0.717, 1.165) is 30.2 Å². The summed E-state index contributed by atoms with van der Waals surface area (Å²) in [4.78, 5) is 14.9. The zero-order valence-electron chi connectivity index (χ0n) is 9.35. The molecule has 1 fully saturated rings. The van der Waals surface area contributed by atoms with E-state index in [0.29, 0.717) is 6.42 Å². The van der Waals surface area contributed by atoms with Crippen LogP contribution in [0.1, 0.15) is 25.1 Å². The van der Waals surface area contributed by atoms with E-state index < -0.39 is 5.97 Å². The Balaban J connectivity index is 1.76. The van der Waals surface area contributed by atoms with Crippen molar-refractivity contribution in [3.05, 3.63) is 18.2 Å². The van der Waals surface area contributed by atoms with Crippen molar-refractivity contribution >= 4 is 17.7 Å². The first kappa shape index (κ1) is 11.5. The van der Waals surface area contributed by atoms with E-state index in [1.165, 1.54) is 0 Å². The predicted octanol–water partition coefficient (Wildman–Crippen LogP) is 1.91. The van der Waals surface area contributed by atoms with E-state index in [1.807, 2.05) is 17.8 Å². The molecule has 0 spiro atoms. The molecule has 88 valence electrons. The van der Waals surface area contributed by atoms with Crippen molar-refractivity contribution in [2.75, 3.05) is 5.75 Å². The molecule has 0 amide bonds. The van der Waals surface area contributed by atoms with Gasteiger partial charge in [0.15, 0.2) is 0 Å². The maximum Gasteiger partial charge on any atom is 0.303 e. The molecular weight excluding hydrogens is 224 g/mol. The van der Waals surface area contributed by atoms with Crippen molar-refractivity contribution in [3.63, 3.8) is 0 Å². The molecule has 0 atom stereocenters. The minimum absolute atomic E-state index is 0.0850. The number of hydrogen-bond donors (Lipinski definition) is 1. The summed E-state index contributed by atoms with van der Waals surface area (Å²) in [5.74, 6) is 2.18. The molecule has 2 rings (SSSR count). The van der Waals surface area contributed by atoms with Crippen molar-refractivity contribution in [2.45, 2.75) is 25.0 Å². The first-order chi connectivity index (χ1) is 7.61. The number of aromatic nitrogens is 2. The molecule has 4 nitrogen and oxygen atoms in total. The molecule has 0 aliphatic heterocycles. The molecule has 1 saturated carbocycles. The van der Waals surface area contributed by atoms with Gasteiger partial charge in [-0.2, -0.15) is 11.8 Å². The number of aliphatic carboxylic acids is 1. The minimum atomic E-state index is -0.671. The Kier molecular flexibility index (Phi) is 3.23. The first-order valence-electron chi connectivity index (χ1n) is 5.37. The van der Waals surface area contributed by atoms with Crippen LogP contribution in [-0.4, -0.2) is 26.4 Å². The number of thioether (sulfide) groups is 1. The van der Waals surface area contributed by atoms with Crippen LogP contribution in [0, 0.1) is 5.41 Å². The lowest BCUT2D eigenvalue weighted by molar-refractivity contribution is -0.138. The van der Waals surface area contributed by atoms with Gasteiger partial charge in [-0.1, -0.05) is 0 Å². The number of nitrogens with zero attached hydrogens (tertiary/aromatic N) is 2. The van der Waals surface area contributed by atoms with Gasteiger partial charge in [-0.3, -0.25) is 4.79 Å². The minimum Gasteiger partial charge on any atom is -0.481 e. The van der Waals surface area contributed by atoms with Crippen LogP contribution in [0.5, 0.6) is 0 Å². The summed E-state index contributed by atoms with van der Waals surface area (Å²) in [7, 11) is 1.98. The topological polar surface area (TPSA) is 55.1 Å².